The smallest absolute Gasteiger partial charge is 0.254 e. The summed E-state index contributed by atoms with van der Waals surface area (Å²) in [6.45, 7) is 3.11. The van der Waals surface area contributed by atoms with Gasteiger partial charge in [-0.25, -0.2) is 0 Å². The molecule has 2 aromatic rings. The third-order valence-corrected chi connectivity index (χ3v) is 4.73. The number of ether oxygens (including phenoxy) is 2. The number of carbonyl (C=O) groups is 1. The fraction of sp³-hybridized carbons (Fsp3) is 0.316. The molecule has 118 valence electrons. The van der Waals surface area contributed by atoms with E-state index in [1.54, 1.807) is 6.07 Å². The Bertz CT molecular complexity index is 729. The molecule has 0 spiro atoms. The summed E-state index contributed by atoms with van der Waals surface area (Å²) in [5.74, 6) is 1.83. The second-order valence-corrected chi connectivity index (χ2v) is 6.22. The predicted octanol–water partition coefficient (Wildman–Crippen LogP) is 3.43. The number of hydrogen-bond donors (Lipinski definition) is 0. The van der Waals surface area contributed by atoms with Gasteiger partial charge in [0.15, 0.2) is 11.5 Å². The Hall–Kier alpha value is -2.49. The summed E-state index contributed by atoms with van der Waals surface area (Å²) >= 11 is 0. The molecule has 2 aliphatic rings. The molecule has 0 radical (unpaired) electrons. The highest BCUT2D eigenvalue weighted by Crippen LogP contribution is 2.35. The largest absolute Gasteiger partial charge is 0.454 e. The van der Waals surface area contributed by atoms with Crippen LogP contribution in [0, 0.1) is 0 Å². The lowest BCUT2D eigenvalue weighted by molar-refractivity contribution is 0.0745. The van der Waals surface area contributed by atoms with Gasteiger partial charge >= 0.3 is 0 Å². The van der Waals surface area contributed by atoms with Crippen molar-refractivity contribution in [3.63, 3.8) is 0 Å². The molecule has 0 N–H and O–H groups in total. The lowest BCUT2D eigenvalue weighted by atomic mass is 9.97. The number of amides is 1. The number of likely N-dealkylation sites (tertiary alicyclic amines) is 1. The van der Waals surface area contributed by atoms with Crippen molar-refractivity contribution in [3.8, 4) is 11.5 Å². The zero-order chi connectivity index (χ0) is 15.8. The molecular weight excluding hydrogens is 290 g/mol. The summed E-state index contributed by atoms with van der Waals surface area (Å²) in [4.78, 5) is 14.8. The number of fused-ring (bicyclic) bond motifs is 1. The Morgan fingerprint density at radius 3 is 2.70 bits per heavy atom. The normalized spacial score (nSPS) is 22.4. The van der Waals surface area contributed by atoms with Gasteiger partial charge in [0.25, 0.3) is 5.91 Å². The molecule has 1 amide bonds. The molecule has 0 saturated carbocycles. The quantitative estimate of drug-likeness (QED) is 0.853. The number of nitrogens with zero attached hydrogens (tertiary/aromatic N) is 1. The summed E-state index contributed by atoms with van der Waals surface area (Å²) in [5.41, 5.74) is 1.97. The SMILES string of the molecule is CC1CC(c2ccccc2)CN1C(=O)c1ccc2c(c1)OCO2. The molecule has 4 rings (SSSR count). The van der Waals surface area contributed by atoms with Crippen LogP contribution in [-0.4, -0.2) is 30.2 Å². The monoisotopic (exact) mass is 309 g/mol. The summed E-state index contributed by atoms with van der Waals surface area (Å²) in [6, 6.07) is 16.1. The lowest BCUT2D eigenvalue weighted by Crippen LogP contribution is -2.33. The average Bonchev–Trinajstić information content (AvgIpc) is 3.20. The van der Waals surface area contributed by atoms with Crippen molar-refractivity contribution in [3.05, 3.63) is 59.7 Å². The Labute approximate surface area is 135 Å². The Morgan fingerprint density at radius 2 is 1.87 bits per heavy atom. The molecule has 0 bridgehead atoms. The topological polar surface area (TPSA) is 38.8 Å². The second-order valence-electron chi connectivity index (χ2n) is 6.22. The minimum absolute atomic E-state index is 0.0641. The van der Waals surface area contributed by atoms with Gasteiger partial charge in [-0.05, 0) is 37.1 Å². The summed E-state index contributed by atoms with van der Waals surface area (Å²) in [7, 11) is 0. The molecule has 2 atom stereocenters. The standard InChI is InChI=1S/C19H19NO3/c1-13-9-16(14-5-3-2-4-6-14)11-20(13)19(21)15-7-8-17-18(10-15)23-12-22-17/h2-8,10,13,16H,9,11-12H2,1H3. The first-order chi connectivity index (χ1) is 11.2. The van der Waals surface area contributed by atoms with Crippen molar-refractivity contribution in [2.45, 2.75) is 25.3 Å². The Kier molecular flexibility index (Phi) is 3.45. The van der Waals surface area contributed by atoms with Crippen LogP contribution in [0.5, 0.6) is 11.5 Å². The van der Waals surface area contributed by atoms with Gasteiger partial charge in [-0.1, -0.05) is 30.3 Å². The zero-order valence-electron chi connectivity index (χ0n) is 13.1. The maximum atomic E-state index is 12.9. The van der Waals surface area contributed by atoms with Gasteiger partial charge in [0.1, 0.15) is 0 Å². The van der Waals surface area contributed by atoms with E-state index in [4.69, 9.17) is 9.47 Å². The molecule has 2 unspecified atom stereocenters. The van der Waals surface area contributed by atoms with E-state index in [9.17, 15) is 4.79 Å². The molecule has 4 heteroatoms. The molecule has 0 aromatic heterocycles. The molecule has 2 heterocycles. The van der Waals surface area contributed by atoms with Crippen molar-refractivity contribution in [1.29, 1.82) is 0 Å². The van der Waals surface area contributed by atoms with Crippen LogP contribution in [0.1, 0.15) is 35.2 Å². The van der Waals surface area contributed by atoms with Crippen LogP contribution in [0.4, 0.5) is 0 Å². The van der Waals surface area contributed by atoms with Gasteiger partial charge in [-0.15, -0.1) is 0 Å². The third-order valence-electron chi connectivity index (χ3n) is 4.73. The van der Waals surface area contributed by atoms with E-state index in [2.05, 4.69) is 31.2 Å². The number of rotatable bonds is 2. The van der Waals surface area contributed by atoms with Crippen LogP contribution in [0.25, 0.3) is 0 Å². The third kappa shape index (κ3) is 2.54. The number of carbonyl (C=O) groups excluding carboxylic acids is 1. The maximum Gasteiger partial charge on any atom is 0.254 e. The van der Waals surface area contributed by atoms with Gasteiger partial charge in [0.05, 0.1) is 0 Å². The van der Waals surface area contributed by atoms with E-state index >= 15 is 0 Å². The molecule has 4 nitrogen and oxygen atoms in total. The highest BCUT2D eigenvalue weighted by molar-refractivity contribution is 5.95. The summed E-state index contributed by atoms with van der Waals surface area (Å²) in [6.07, 6.45) is 1.00. The maximum absolute atomic E-state index is 12.9. The Balaban J connectivity index is 1.55. The van der Waals surface area contributed by atoms with Gasteiger partial charge < -0.3 is 14.4 Å². The molecule has 2 aromatic carbocycles. The van der Waals surface area contributed by atoms with Crippen LogP contribution in [0.15, 0.2) is 48.5 Å². The van der Waals surface area contributed by atoms with Crippen molar-refractivity contribution in [1.82, 2.24) is 4.90 Å². The van der Waals surface area contributed by atoms with E-state index in [0.29, 0.717) is 23.0 Å². The first-order valence-corrected chi connectivity index (χ1v) is 7.98. The Morgan fingerprint density at radius 1 is 1.09 bits per heavy atom. The fourth-order valence-electron chi connectivity index (χ4n) is 3.48. The van der Waals surface area contributed by atoms with E-state index in [0.717, 1.165) is 13.0 Å². The number of hydrogen-bond acceptors (Lipinski definition) is 3. The van der Waals surface area contributed by atoms with Gasteiger partial charge in [-0.3, -0.25) is 4.79 Å². The molecule has 0 aliphatic carbocycles. The summed E-state index contributed by atoms with van der Waals surface area (Å²) in [5, 5.41) is 0. The van der Waals surface area contributed by atoms with Crippen molar-refractivity contribution >= 4 is 5.91 Å². The first kappa shape index (κ1) is 14.1. The predicted molar refractivity (Wildman–Crippen MR) is 86.9 cm³/mol. The fourth-order valence-corrected chi connectivity index (χ4v) is 3.48. The highest BCUT2D eigenvalue weighted by atomic mass is 16.7. The van der Waals surface area contributed by atoms with E-state index < -0.39 is 0 Å². The second kappa shape index (κ2) is 5.61. The van der Waals surface area contributed by atoms with Crippen LogP contribution in [0.3, 0.4) is 0 Å². The molecular formula is C19H19NO3. The van der Waals surface area contributed by atoms with Crippen molar-refractivity contribution in [2.75, 3.05) is 13.3 Å². The molecule has 1 fully saturated rings. The van der Waals surface area contributed by atoms with E-state index in [1.165, 1.54) is 5.56 Å². The minimum atomic E-state index is 0.0641. The van der Waals surface area contributed by atoms with Gasteiger partial charge in [0, 0.05) is 24.1 Å². The number of benzene rings is 2. The van der Waals surface area contributed by atoms with Crippen molar-refractivity contribution < 1.29 is 14.3 Å². The van der Waals surface area contributed by atoms with E-state index in [-0.39, 0.29) is 18.7 Å². The van der Waals surface area contributed by atoms with Crippen LogP contribution in [-0.2, 0) is 0 Å². The zero-order valence-corrected chi connectivity index (χ0v) is 13.1. The molecule has 2 aliphatic heterocycles. The van der Waals surface area contributed by atoms with Crippen LogP contribution in [0.2, 0.25) is 0 Å². The van der Waals surface area contributed by atoms with Crippen LogP contribution < -0.4 is 9.47 Å². The molecule has 1 saturated heterocycles. The van der Waals surface area contributed by atoms with E-state index in [1.807, 2.05) is 23.1 Å². The summed E-state index contributed by atoms with van der Waals surface area (Å²) < 4.78 is 10.7. The minimum Gasteiger partial charge on any atom is -0.454 e. The van der Waals surface area contributed by atoms with Gasteiger partial charge in [0.2, 0.25) is 6.79 Å². The van der Waals surface area contributed by atoms with Gasteiger partial charge in [-0.2, -0.15) is 0 Å². The average molecular weight is 309 g/mol. The molecule has 23 heavy (non-hydrogen) atoms. The van der Waals surface area contributed by atoms with Crippen molar-refractivity contribution in [2.24, 2.45) is 0 Å². The highest BCUT2D eigenvalue weighted by Gasteiger charge is 2.34. The van der Waals surface area contributed by atoms with Crippen LogP contribution >= 0.6 is 0 Å². The first-order valence-electron chi connectivity index (χ1n) is 7.98. The lowest BCUT2D eigenvalue weighted by Gasteiger charge is -2.21.